The van der Waals surface area contributed by atoms with Crippen LogP contribution in [0, 0.1) is 11.3 Å². The number of methoxy groups -OCH3 is 2. The van der Waals surface area contributed by atoms with E-state index >= 15 is 0 Å². The van der Waals surface area contributed by atoms with E-state index in [-0.39, 0.29) is 11.5 Å². The van der Waals surface area contributed by atoms with Gasteiger partial charge in [-0.2, -0.15) is 5.26 Å². The van der Waals surface area contributed by atoms with Crippen LogP contribution in [0.1, 0.15) is 0 Å². The van der Waals surface area contributed by atoms with Crippen LogP contribution in [0.2, 0.25) is 0 Å². The molecule has 0 bridgehead atoms. The fourth-order valence-electron chi connectivity index (χ4n) is 1.38. The third-order valence-corrected chi connectivity index (χ3v) is 2.39. The highest BCUT2D eigenvalue weighted by molar-refractivity contribution is 5.97. The van der Waals surface area contributed by atoms with Gasteiger partial charge in [-0.25, -0.2) is 0 Å². The van der Waals surface area contributed by atoms with Gasteiger partial charge in [-0.15, -0.1) is 13.2 Å². The van der Waals surface area contributed by atoms with E-state index in [0.29, 0.717) is 19.6 Å². The second kappa shape index (κ2) is 10.8. The second-order valence-electron chi connectivity index (χ2n) is 3.77. The Kier molecular flexibility index (Phi) is 9.66. The van der Waals surface area contributed by atoms with Crippen LogP contribution in [0.3, 0.4) is 0 Å². The minimum Gasteiger partial charge on any atom is -0.385 e. The van der Waals surface area contributed by atoms with Crippen molar-refractivity contribution in [2.24, 2.45) is 0 Å². The van der Waals surface area contributed by atoms with Crippen LogP contribution in [0.15, 0.2) is 37.1 Å². The lowest BCUT2D eigenvalue weighted by atomic mass is 10.2. The van der Waals surface area contributed by atoms with E-state index in [4.69, 9.17) is 14.7 Å². The first kappa shape index (κ1) is 17.9. The molecule has 0 rings (SSSR count). The monoisotopic (exact) mass is 279 g/mol. The quantitative estimate of drug-likeness (QED) is 0.277. The van der Waals surface area contributed by atoms with E-state index in [1.54, 1.807) is 12.2 Å². The summed E-state index contributed by atoms with van der Waals surface area (Å²) < 4.78 is 9.96. The maximum atomic E-state index is 12.1. The number of nitrogens with one attached hydrogen (secondary N) is 1. The fourth-order valence-corrected chi connectivity index (χ4v) is 1.38. The zero-order valence-electron chi connectivity index (χ0n) is 12.0. The van der Waals surface area contributed by atoms with E-state index < -0.39 is 6.29 Å². The molecule has 0 aliphatic heterocycles. The van der Waals surface area contributed by atoms with Gasteiger partial charge in [0.15, 0.2) is 6.29 Å². The molecule has 0 heterocycles. The van der Waals surface area contributed by atoms with Crippen molar-refractivity contribution in [1.82, 2.24) is 10.2 Å². The predicted molar refractivity (Wildman–Crippen MR) is 76.5 cm³/mol. The Bertz CT molecular complexity index is 385. The van der Waals surface area contributed by atoms with E-state index in [1.165, 1.54) is 25.3 Å². The second-order valence-corrected chi connectivity index (χ2v) is 3.77. The maximum Gasteiger partial charge on any atom is 0.266 e. The van der Waals surface area contributed by atoms with Crippen LogP contribution in [0.5, 0.6) is 0 Å². The number of nitriles is 1. The topological polar surface area (TPSA) is 74.6 Å². The van der Waals surface area contributed by atoms with Gasteiger partial charge >= 0.3 is 0 Å². The zero-order chi connectivity index (χ0) is 15.4. The van der Waals surface area contributed by atoms with Gasteiger partial charge in [0.2, 0.25) is 0 Å². The molecule has 1 amide bonds. The SMILES string of the molecule is C=CCN(CC=C)C(=O)/C(C#N)=C\NCC(OC)OC. The van der Waals surface area contributed by atoms with Crippen molar-refractivity contribution in [2.75, 3.05) is 33.9 Å². The Morgan fingerprint density at radius 2 is 1.90 bits per heavy atom. The average Bonchev–Trinajstić information content (AvgIpc) is 2.47. The Hall–Kier alpha value is -2.10. The van der Waals surface area contributed by atoms with E-state index in [9.17, 15) is 4.79 Å². The van der Waals surface area contributed by atoms with Crippen molar-refractivity contribution < 1.29 is 14.3 Å². The lowest BCUT2D eigenvalue weighted by Gasteiger charge is -2.19. The van der Waals surface area contributed by atoms with Gasteiger partial charge in [0.05, 0.1) is 6.54 Å². The van der Waals surface area contributed by atoms with Gasteiger partial charge in [-0.1, -0.05) is 12.2 Å². The normalized spacial score (nSPS) is 10.8. The lowest BCUT2D eigenvalue weighted by molar-refractivity contribution is -0.125. The first-order valence-electron chi connectivity index (χ1n) is 6.04. The molecule has 0 unspecified atom stereocenters. The molecule has 0 aliphatic carbocycles. The number of rotatable bonds is 10. The summed E-state index contributed by atoms with van der Waals surface area (Å²) in [6.07, 6.45) is 4.09. The Morgan fingerprint density at radius 1 is 1.35 bits per heavy atom. The maximum absolute atomic E-state index is 12.1. The molecule has 0 spiro atoms. The number of hydrogen-bond donors (Lipinski definition) is 1. The van der Waals surface area contributed by atoms with Crippen LogP contribution in [-0.4, -0.2) is 51.0 Å². The summed E-state index contributed by atoms with van der Waals surface area (Å²) in [5.74, 6) is -0.383. The first-order chi connectivity index (χ1) is 9.64. The molecule has 0 fully saturated rings. The zero-order valence-corrected chi connectivity index (χ0v) is 12.0. The minimum absolute atomic E-state index is 0.000318. The molecule has 0 aliphatic rings. The number of carbonyl (C=O) groups is 1. The highest BCUT2D eigenvalue weighted by Crippen LogP contribution is 2.01. The third kappa shape index (κ3) is 6.18. The van der Waals surface area contributed by atoms with Crippen LogP contribution in [0.4, 0.5) is 0 Å². The Balaban J connectivity index is 4.70. The molecule has 0 aromatic carbocycles. The van der Waals surface area contributed by atoms with E-state index in [2.05, 4.69) is 18.5 Å². The molecule has 0 atom stereocenters. The van der Waals surface area contributed by atoms with Crippen molar-refractivity contribution in [3.05, 3.63) is 37.1 Å². The molecule has 0 saturated heterocycles. The summed E-state index contributed by atoms with van der Waals surface area (Å²) in [6, 6.07) is 1.87. The molecule has 20 heavy (non-hydrogen) atoms. The van der Waals surface area contributed by atoms with Crippen molar-refractivity contribution in [1.29, 1.82) is 5.26 Å². The molecule has 0 aromatic heterocycles. The standard InChI is InChI=1S/C14H21N3O3/c1-5-7-17(8-6-2)14(18)12(9-15)10-16-11-13(19-3)20-4/h5-6,10,13,16H,1-2,7-8,11H2,3-4H3/b12-10-. The lowest BCUT2D eigenvalue weighted by Crippen LogP contribution is -2.33. The molecule has 1 N–H and O–H groups in total. The number of hydrogen-bond acceptors (Lipinski definition) is 5. The largest absolute Gasteiger partial charge is 0.385 e. The van der Waals surface area contributed by atoms with E-state index in [0.717, 1.165) is 0 Å². The average molecular weight is 279 g/mol. The highest BCUT2D eigenvalue weighted by atomic mass is 16.7. The van der Waals surface area contributed by atoms with Crippen LogP contribution in [-0.2, 0) is 14.3 Å². The highest BCUT2D eigenvalue weighted by Gasteiger charge is 2.16. The van der Waals surface area contributed by atoms with Crippen LogP contribution >= 0.6 is 0 Å². The summed E-state index contributed by atoms with van der Waals surface area (Å²) in [5, 5.41) is 11.9. The van der Waals surface area contributed by atoms with Crippen molar-refractivity contribution in [2.45, 2.75) is 6.29 Å². The fraction of sp³-hybridized carbons (Fsp3) is 0.429. The summed E-state index contributed by atoms with van der Waals surface area (Å²) >= 11 is 0. The molecular formula is C14H21N3O3. The number of amides is 1. The molecular weight excluding hydrogens is 258 g/mol. The van der Waals surface area contributed by atoms with Crippen LogP contribution < -0.4 is 5.32 Å². The molecule has 0 aromatic rings. The molecule has 0 saturated carbocycles. The van der Waals surface area contributed by atoms with Gasteiger partial charge < -0.3 is 19.7 Å². The third-order valence-electron chi connectivity index (χ3n) is 2.39. The minimum atomic E-state index is -0.446. The number of ether oxygens (including phenoxy) is 2. The number of carbonyl (C=O) groups excluding carboxylic acids is 1. The molecule has 0 radical (unpaired) electrons. The molecule has 6 heteroatoms. The smallest absolute Gasteiger partial charge is 0.266 e. The van der Waals surface area contributed by atoms with Crippen molar-refractivity contribution in [3.63, 3.8) is 0 Å². The Morgan fingerprint density at radius 3 is 2.30 bits per heavy atom. The Labute approximate surface area is 120 Å². The number of nitrogens with zero attached hydrogens (tertiary/aromatic N) is 2. The van der Waals surface area contributed by atoms with Gasteiger partial charge in [0.25, 0.3) is 5.91 Å². The summed E-state index contributed by atoms with van der Waals surface area (Å²) in [5.41, 5.74) is -0.000318. The summed E-state index contributed by atoms with van der Waals surface area (Å²) in [6.45, 7) is 8.18. The van der Waals surface area contributed by atoms with E-state index in [1.807, 2.05) is 6.07 Å². The first-order valence-corrected chi connectivity index (χ1v) is 6.04. The molecule has 6 nitrogen and oxygen atoms in total. The van der Waals surface area contributed by atoms with Gasteiger partial charge in [-0.05, 0) is 0 Å². The van der Waals surface area contributed by atoms with Crippen LogP contribution in [0.25, 0.3) is 0 Å². The van der Waals surface area contributed by atoms with Gasteiger partial charge in [0, 0.05) is 33.5 Å². The van der Waals surface area contributed by atoms with Gasteiger partial charge in [0.1, 0.15) is 11.6 Å². The van der Waals surface area contributed by atoms with Gasteiger partial charge in [-0.3, -0.25) is 4.79 Å². The summed E-state index contributed by atoms with van der Waals surface area (Å²) in [4.78, 5) is 13.6. The predicted octanol–water partition coefficient (Wildman–Crippen LogP) is 0.803. The van der Waals surface area contributed by atoms with Crippen molar-refractivity contribution in [3.8, 4) is 6.07 Å². The molecule has 110 valence electrons. The van der Waals surface area contributed by atoms with Crippen molar-refractivity contribution >= 4 is 5.91 Å². The summed E-state index contributed by atoms with van der Waals surface area (Å²) in [7, 11) is 3.01.